The van der Waals surface area contributed by atoms with Crippen molar-refractivity contribution in [2.45, 2.75) is 44.9 Å². The highest BCUT2D eigenvalue weighted by Crippen LogP contribution is 2.17. The number of rotatable bonds is 6. The maximum absolute atomic E-state index is 12.2. The van der Waals surface area contributed by atoms with Gasteiger partial charge in [0.1, 0.15) is 0 Å². The summed E-state index contributed by atoms with van der Waals surface area (Å²) < 4.78 is 0. The highest BCUT2D eigenvalue weighted by molar-refractivity contribution is 7.99. The number of thioether (sulfide) groups is 1. The quantitative estimate of drug-likeness (QED) is 0.800. The number of benzene rings is 1. The summed E-state index contributed by atoms with van der Waals surface area (Å²) >= 11 is 1.64. The molecule has 0 spiro atoms. The normalized spacial score (nSPS) is 15.6. The minimum Gasteiger partial charge on any atom is -0.355 e. The van der Waals surface area contributed by atoms with Gasteiger partial charge in [-0.2, -0.15) is 0 Å². The number of carbonyl (C=O) groups is 2. The van der Waals surface area contributed by atoms with Crippen molar-refractivity contribution in [3.63, 3.8) is 0 Å². The number of piperidine rings is 1. The molecular formula is C20H31N3O2S. The average molecular weight is 378 g/mol. The van der Waals surface area contributed by atoms with Crippen LogP contribution < -0.4 is 10.6 Å². The molecule has 0 unspecified atom stereocenters. The van der Waals surface area contributed by atoms with Gasteiger partial charge in [-0.05, 0) is 45.1 Å². The fraction of sp³-hybridized carbons (Fsp3) is 0.600. The lowest BCUT2D eigenvalue weighted by molar-refractivity contribution is -0.118. The molecule has 6 heteroatoms. The topological polar surface area (TPSA) is 61.4 Å². The van der Waals surface area contributed by atoms with Crippen LogP contribution in [0.1, 0.15) is 39.2 Å². The summed E-state index contributed by atoms with van der Waals surface area (Å²) in [5.41, 5.74) is 1.03. The van der Waals surface area contributed by atoms with Crippen LogP contribution in [0.3, 0.4) is 0 Å². The molecule has 2 rings (SSSR count). The molecule has 1 saturated heterocycles. The molecule has 1 aliphatic rings. The van der Waals surface area contributed by atoms with Crippen molar-refractivity contribution in [3.05, 3.63) is 35.9 Å². The van der Waals surface area contributed by atoms with E-state index in [1.807, 2.05) is 43.9 Å². The van der Waals surface area contributed by atoms with Crippen molar-refractivity contribution in [2.24, 2.45) is 5.92 Å². The smallest absolute Gasteiger partial charge is 0.317 e. The zero-order valence-electron chi connectivity index (χ0n) is 16.1. The van der Waals surface area contributed by atoms with Crippen LogP contribution in [0, 0.1) is 5.92 Å². The summed E-state index contributed by atoms with van der Waals surface area (Å²) in [5.74, 6) is 1.90. The molecule has 26 heavy (non-hydrogen) atoms. The highest BCUT2D eigenvalue weighted by atomic mass is 32.2. The van der Waals surface area contributed by atoms with E-state index in [0.29, 0.717) is 18.2 Å². The summed E-state index contributed by atoms with van der Waals surface area (Å²) in [4.78, 5) is 26.0. The number of likely N-dealkylation sites (tertiary alicyclic amines) is 1. The Hall–Kier alpha value is -1.69. The molecule has 1 heterocycles. The second-order valence-corrected chi connectivity index (χ2v) is 8.88. The molecule has 1 aromatic carbocycles. The number of hydrogen-bond donors (Lipinski definition) is 2. The summed E-state index contributed by atoms with van der Waals surface area (Å²) in [6.07, 6.45) is 1.88. The average Bonchev–Trinajstić information content (AvgIpc) is 2.60. The van der Waals surface area contributed by atoms with Crippen molar-refractivity contribution in [3.8, 4) is 0 Å². The maximum Gasteiger partial charge on any atom is 0.317 e. The van der Waals surface area contributed by atoms with E-state index in [-0.39, 0.29) is 17.5 Å². The number of carbonyl (C=O) groups excluding carboxylic acids is 2. The van der Waals surface area contributed by atoms with Gasteiger partial charge in [-0.15, -0.1) is 11.8 Å². The number of amides is 3. The number of nitrogens with zero attached hydrogens (tertiary/aromatic N) is 1. The van der Waals surface area contributed by atoms with E-state index in [9.17, 15) is 9.59 Å². The van der Waals surface area contributed by atoms with Gasteiger partial charge < -0.3 is 15.5 Å². The predicted molar refractivity (Wildman–Crippen MR) is 108 cm³/mol. The van der Waals surface area contributed by atoms with Crippen molar-refractivity contribution in [1.82, 2.24) is 15.5 Å². The standard InChI is InChI=1S/C20H31N3O2S/c1-20(2,3)22-19(25)23-11-9-16(10-12-23)13-21-18(24)15-26-14-17-7-5-4-6-8-17/h4-8,16H,9-15H2,1-3H3,(H,21,24)(H,22,25). The molecule has 0 atom stereocenters. The van der Waals surface area contributed by atoms with Gasteiger partial charge in [-0.25, -0.2) is 4.79 Å². The molecule has 2 N–H and O–H groups in total. The molecule has 0 aromatic heterocycles. The molecular weight excluding hydrogens is 346 g/mol. The second-order valence-electron chi connectivity index (χ2n) is 7.89. The summed E-state index contributed by atoms with van der Waals surface area (Å²) in [5, 5.41) is 6.05. The van der Waals surface area contributed by atoms with Gasteiger partial charge >= 0.3 is 6.03 Å². The molecule has 3 amide bonds. The van der Waals surface area contributed by atoms with Crippen LogP contribution in [0.5, 0.6) is 0 Å². The van der Waals surface area contributed by atoms with Crippen molar-refractivity contribution >= 4 is 23.7 Å². The number of hydrogen-bond acceptors (Lipinski definition) is 3. The maximum atomic E-state index is 12.2. The van der Waals surface area contributed by atoms with Crippen LogP contribution in [0.25, 0.3) is 0 Å². The van der Waals surface area contributed by atoms with E-state index >= 15 is 0 Å². The van der Waals surface area contributed by atoms with Crippen LogP contribution in [-0.2, 0) is 10.5 Å². The second kappa shape index (κ2) is 9.86. The molecule has 1 aliphatic heterocycles. The van der Waals surface area contributed by atoms with Crippen molar-refractivity contribution < 1.29 is 9.59 Å². The molecule has 1 aromatic rings. The third-order valence-electron chi connectivity index (χ3n) is 4.32. The van der Waals surface area contributed by atoms with Crippen molar-refractivity contribution in [1.29, 1.82) is 0 Å². The zero-order chi connectivity index (χ0) is 19.0. The Labute approximate surface area is 161 Å². The lowest BCUT2D eigenvalue weighted by Crippen LogP contribution is -2.51. The monoisotopic (exact) mass is 377 g/mol. The molecule has 144 valence electrons. The minimum atomic E-state index is -0.209. The Morgan fingerprint density at radius 1 is 1.15 bits per heavy atom. The summed E-state index contributed by atoms with van der Waals surface area (Å²) in [6, 6.07) is 10.2. The number of urea groups is 1. The van der Waals surface area contributed by atoms with Crippen molar-refractivity contribution in [2.75, 3.05) is 25.4 Å². The molecule has 0 aliphatic carbocycles. The Kier molecular flexibility index (Phi) is 7.82. The number of nitrogens with one attached hydrogen (secondary N) is 2. The van der Waals surface area contributed by atoms with E-state index in [1.54, 1.807) is 11.8 Å². The van der Waals surface area contributed by atoms with Gasteiger partial charge in [-0.3, -0.25) is 4.79 Å². The predicted octanol–water partition coefficient (Wildman–Crippen LogP) is 3.26. The Morgan fingerprint density at radius 3 is 2.42 bits per heavy atom. The van der Waals surface area contributed by atoms with Crippen LogP contribution in [0.4, 0.5) is 4.79 Å². The molecule has 0 bridgehead atoms. The minimum absolute atomic E-state index is 0.0114. The van der Waals surface area contributed by atoms with Crippen LogP contribution in [0.2, 0.25) is 0 Å². The van der Waals surface area contributed by atoms with Crippen LogP contribution in [-0.4, -0.2) is 47.8 Å². The van der Waals surface area contributed by atoms with E-state index in [4.69, 9.17) is 0 Å². The SMILES string of the molecule is CC(C)(C)NC(=O)N1CCC(CNC(=O)CSCc2ccccc2)CC1. The van der Waals surface area contributed by atoms with E-state index in [1.165, 1.54) is 5.56 Å². The fourth-order valence-corrected chi connectivity index (χ4v) is 3.70. The Bertz CT molecular complexity index is 578. The Balaban J connectivity index is 1.59. The third kappa shape index (κ3) is 7.68. The first-order valence-electron chi connectivity index (χ1n) is 9.29. The van der Waals surface area contributed by atoms with E-state index in [0.717, 1.165) is 31.7 Å². The Morgan fingerprint density at radius 2 is 1.81 bits per heavy atom. The first-order chi connectivity index (χ1) is 12.3. The highest BCUT2D eigenvalue weighted by Gasteiger charge is 2.25. The van der Waals surface area contributed by atoms with Crippen LogP contribution in [0.15, 0.2) is 30.3 Å². The van der Waals surface area contributed by atoms with Gasteiger partial charge in [0.15, 0.2) is 0 Å². The first kappa shape index (κ1) is 20.6. The first-order valence-corrected chi connectivity index (χ1v) is 10.4. The van der Waals surface area contributed by atoms with Gasteiger partial charge in [0.2, 0.25) is 5.91 Å². The third-order valence-corrected chi connectivity index (χ3v) is 5.32. The molecule has 1 fully saturated rings. The van der Waals surface area contributed by atoms with E-state index < -0.39 is 0 Å². The largest absolute Gasteiger partial charge is 0.355 e. The van der Waals surface area contributed by atoms with Gasteiger partial charge in [-0.1, -0.05) is 30.3 Å². The summed E-state index contributed by atoms with van der Waals surface area (Å²) in [7, 11) is 0. The van der Waals surface area contributed by atoms with Gasteiger partial charge in [0, 0.05) is 30.9 Å². The van der Waals surface area contributed by atoms with Crippen LogP contribution >= 0.6 is 11.8 Å². The lowest BCUT2D eigenvalue weighted by Gasteiger charge is -2.34. The molecule has 0 radical (unpaired) electrons. The summed E-state index contributed by atoms with van der Waals surface area (Å²) in [6.45, 7) is 8.19. The molecule has 5 nitrogen and oxygen atoms in total. The van der Waals surface area contributed by atoms with E-state index in [2.05, 4.69) is 22.8 Å². The fourth-order valence-electron chi connectivity index (χ4n) is 2.89. The van der Waals surface area contributed by atoms with Gasteiger partial charge in [0.05, 0.1) is 5.75 Å². The lowest BCUT2D eigenvalue weighted by atomic mass is 9.97. The van der Waals surface area contributed by atoms with Gasteiger partial charge in [0.25, 0.3) is 0 Å². The zero-order valence-corrected chi connectivity index (χ0v) is 16.9. The molecule has 0 saturated carbocycles.